The summed E-state index contributed by atoms with van der Waals surface area (Å²) in [6, 6.07) is 23.2. The van der Waals surface area contributed by atoms with Gasteiger partial charge in [0, 0.05) is 18.2 Å². The number of benzene rings is 3. The molecule has 0 aliphatic rings. The van der Waals surface area contributed by atoms with Gasteiger partial charge in [0.1, 0.15) is 0 Å². The quantitative estimate of drug-likeness (QED) is 0.583. The summed E-state index contributed by atoms with van der Waals surface area (Å²) in [5.74, 6) is 1.97. The summed E-state index contributed by atoms with van der Waals surface area (Å²) in [4.78, 5) is 0. The molecule has 0 saturated heterocycles. The molecule has 3 aromatic rings. The molecule has 0 saturated carbocycles. The maximum Gasteiger partial charge on any atom is 0.203 e. The Morgan fingerprint density at radius 2 is 1.36 bits per heavy atom. The van der Waals surface area contributed by atoms with Crippen molar-refractivity contribution in [2.45, 2.75) is 19.5 Å². The molecule has 0 spiro atoms. The van der Waals surface area contributed by atoms with Gasteiger partial charge in [0.05, 0.1) is 21.3 Å². The zero-order valence-corrected chi connectivity index (χ0v) is 16.9. The van der Waals surface area contributed by atoms with Gasteiger partial charge in [-0.3, -0.25) is 0 Å². The van der Waals surface area contributed by atoms with Crippen molar-refractivity contribution in [3.05, 3.63) is 77.9 Å². The molecule has 1 N–H and O–H groups in total. The molecule has 0 amide bonds. The van der Waals surface area contributed by atoms with Crippen LogP contribution < -0.4 is 19.5 Å². The fourth-order valence-electron chi connectivity index (χ4n) is 3.28. The van der Waals surface area contributed by atoms with E-state index in [1.165, 1.54) is 16.7 Å². The Hall–Kier alpha value is -2.98. The van der Waals surface area contributed by atoms with Gasteiger partial charge in [0.2, 0.25) is 5.75 Å². The minimum absolute atomic E-state index is 0.197. The van der Waals surface area contributed by atoms with E-state index in [1.807, 2.05) is 18.2 Å². The topological polar surface area (TPSA) is 39.7 Å². The van der Waals surface area contributed by atoms with Crippen LogP contribution in [-0.4, -0.2) is 21.3 Å². The number of rotatable bonds is 8. The molecule has 0 aliphatic heterocycles. The monoisotopic (exact) mass is 377 g/mol. The van der Waals surface area contributed by atoms with E-state index >= 15 is 0 Å². The third-order valence-corrected chi connectivity index (χ3v) is 4.90. The van der Waals surface area contributed by atoms with Gasteiger partial charge >= 0.3 is 0 Å². The summed E-state index contributed by atoms with van der Waals surface area (Å²) >= 11 is 0. The Kier molecular flexibility index (Phi) is 6.56. The lowest BCUT2D eigenvalue weighted by molar-refractivity contribution is 0.321. The van der Waals surface area contributed by atoms with Gasteiger partial charge in [-0.2, -0.15) is 0 Å². The van der Waals surface area contributed by atoms with Crippen molar-refractivity contribution in [2.75, 3.05) is 21.3 Å². The molecular formula is C24H27NO3. The van der Waals surface area contributed by atoms with Gasteiger partial charge in [-0.1, -0.05) is 60.7 Å². The Balaban J connectivity index is 1.71. The van der Waals surface area contributed by atoms with Gasteiger partial charge in [-0.25, -0.2) is 0 Å². The van der Waals surface area contributed by atoms with E-state index in [4.69, 9.17) is 14.2 Å². The maximum atomic E-state index is 5.57. The highest BCUT2D eigenvalue weighted by molar-refractivity contribution is 5.63. The molecular weight excluding hydrogens is 350 g/mol. The predicted octanol–water partition coefficient (Wildman–Crippen LogP) is 5.23. The lowest BCUT2D eigenvalue weighted by Gasteiger charge is -2.19. The van der Waals surface area contributed by atoms with Crippen LogP contribution in [0.3, 0.4) is 0 Å². The first-order chi connectivity index (χ1) is 13.7. The maximum absolute atomic E-state index is 5.57. The molecule has 0 radical (unpaired) electrons. The van der Waals surface area contributed by atoms with E-state index in [0.29, 0.717) is 23.8 Å². The van der Waals surface area contributed by atoms with Gasteiger partial charge in [0.15, 0.2) is 11.5 Å². The van der Waals surface area contributed by atoms with E-state index < -0.39 is 0 Å². The molecule has 0 fully saturated rings. The first-order valence-corrected chi connectivity index (χ1v) is 9.34. The lowest BCUT2D eigenvalue weighted by atomic mass is 10.0. The Morgan fingerprint density at radius 1 is 0.714 bits per heavy atom. The van der Waals surface area contributed by atoms with E-state index in [0.717, 1.165) is 5.56 Å². The van der Waals surface area contributed by atoms with Gasteiger partial charge in [0.25, 0.3) is 0 Å². The summed E-state index contributed by atoms with van der Waals surface area (Å²) < 4.78 is 16.4. The molecule has 28 heavy (non-hydrogen) atoms. The van der Waals surface area contributed by atoms with Crippen LogP contribution in [-0.2, 0) is 6.54 Å². The summed E-state index contributed by atoms with van der Waals surface area (Å²) in [7, 11) is 4.89. The number of methoxy groups -OCH3 is 3. The number of hydrogen-bond donors (Lipinski definition) is 1. The van der Waals surface area contributed by atoms with Crippen LogP contribution in [0.1, 0.15) is 24.1 Å². The van der Waals surface area contributed by atoms with Crippen LogP contribution in [0.2, 0.25) is 0 Å². The Labute approximate surface area is 167 Å². The summed E-state index contributed by atoms with van der Waals surface area (Å²) in [6.07, 6.45) is 0. The van der Waals surface area contributed by atoms with Crippen molar-refractivity contribution >= 4 is 0 Å². The van der Waals surface area contributed by atoms with Crippen LogP contribution in [0, 0.1) is 0 Å². The average Bonchev–Trinajstić information content (AvgIpc) is 2.77. The summed E-state index contributed by atoms with van der Waals surface area (Å²) in [5.41, 5.74) is 4.70. The zero-order chi connectivity index (χ0) is 19.9. The molecule has 4 heteroatoms. The fourth-order valence-corrected chi connectivity index (χ4v) is 3.28. The van der Waals surface area contributed by atoms with Gasteiger partial charge in [-0.05, 0) is 29.7 Å². The third-order valence-electron chi connectivity index (χ3n) is 4.90. The molecule has 3 aromatic carbocycles. The second-order valence-corrected chi connectivity index (χ2v) is 6.58. The van der Waals surface area contributed by atoms with E-state index in [9.17, 15) is 0 Å². The SMILES string of the molecule is COc1ccc(CN[C@H](C)c2ccc(-c3ccccc3)cc2)c(OC)c1OC. The first-order valence-electron chi connectivity index (χ1n) is 9.34. The molecule has 0 aromatic heterocycles. The van der Waals surface area contributed by atoms with Gasteiger partial charge < -0.3 is 19.5 Å². The van der Waals surface area contributed by atoms with E-state index in [2.05, 4.69) is 60.8 Å². The molecule has 0 unspecified atom stereocenters. The first kappa shape index (κ1) is 19.8. The van der Waals surface area contributed by atoms with Crippen LogP contribution in [0.15, 0.2) is 66.7 Å². The Bertz CT molecular complexity index is 892. The number of ether oxygens (including phenoxy) is 3. The lowest BCUT2D eigenvalue weighted by Crippen LogP contribution is -2.18. The van der Waals surface area contributed by atoms with Crippen LogP contribution in [0.25, 0.3) is 11.1 Å². The largest absolute Gasteiger partial charge is 0.493 e. The summed E-state index contributed by atoms with van der Waals surface area (Å²) in [5, 5.41) is 3.56. The van der Waals surface area contributed by atoms with Crippen LogP contribution in [0.5, 0.6) is 17.2 Å². The predicted molar refractivity (Wildman–Crippen MR) is 113 cm³/mol. The van der Waals surface area contributed by atoms with Crippen molar-refractivity contribution in [1.82, 2.24) is 5.32 Å². The molecule has 0 bridgehead atoms. The van der Waals surface area contributed by atoms with Gasteiger partial charge in [-0.15, -0.1) is 0 Å². The van der Waals surface area contributed by atoms with Crippen molar-refractivity contribution in [3.8, 4) is 28.4 Å². The number of nitrogens with one attached hydrogen (secondary N) is 1. The highest BCUT2D eigenvalue weighted by Crippen LogP contribution is 2.39. The minimum atomic E-state index is 0.197. The fraction of sp³-hybridized carbons (Fsp3) is 0.250. The van der Waals surface area contributed by atoms with Crippen LogP contribution >= 0.6 is 0 Å². The second kappa shape index (κ2) is 9.29. The Morgan fingerprint density at radius 3 is 1.96 bits per heavy atom. The van der Waals surface area contributed by atoms with Crippen molar-refractivity contribution < 1.29 is 14.2 Å². The second-order valence-electron chi connectivity index (χ2n) is 6.58. The van der Waals surface area contributed by atoms with Crippen molar-refractivity contribution in [1.29, 1.82) is 0 Å². The molecule has 146 valence electrons. The highest BCUT2D eigenvalue weighted by Gasteiger charge is 2.16. The third kappa shape index (κ3) is 4.29. The van der Waals surface area contributed by atoms with E-state index in [1.54, 1.807) is 21.3 Å². The summed E-state index contributed by atoms with van der Waals surface area (Å²) in [6.45, 7) is 2.82. The molecule has 0 aliphatic carbocycles. The molecule has 1 atom stereocenters. The van der Waals surface area contributed by atoms with E-state index in [-0.39, 0.29) is 6.04 Å². The molecule has 3 rings (SSSR count). The highest BCUT2D eigenvalue weighted by atomic mass is 16.5. The zero-order valence-electron chi connectivity index (χ0n) is 16.9. The minimum Gasteiger partial charge on any atom is -0.493 e. The molecule has 0 heterocycles. The standard InChI is InChI=1S/C24H27NO3/c1-17(18-10-12-20(13-11-18)19-8-6-5-7-9-19)25-16-21-14-15-22(26-2)24(28-4)23(21)27-3/h5-15,17,25H,16H2,1-4H3/t17-/m1/s1. The van der Waals surface area contributed by atoms with Crippen molar-refractivity contribution in [3.63, 3.8) is 0 Å². The smallest absolute Gasteiger partial charge is 0.203 e. The van der Waals surface area contributed by atoms with Crippen LogP contribution in [0.4, 0.5) is 0 Å². The average molecular weight is 377 g/mol. The normalized spacial score (nSPS) is 11.7. The van der Waals surface area contributed by atoms with Crippen molar-refractivity contribution in [2.24, 2.45) is 0 Å². The number of hydrogen-bond acceptors (Lipinski definition) is 4. The molecule has 4 nitrogen and oxygen atoms in total.